The Morgan fingerprint density at radius 3 is 2.65 bits per heavy atom. The maximum absolute atomic E-state index is 13.7. The van der Waals surface area contributed by atoms with Crippen LogP contribution in [-0.2, 0) is 22.0 Å². The lowest BCUT2D eigenvalue weighted by Crippen LogP contribution is -2.53. The molecule has 4 atom stereocenters. The van der Waals surface area contributed by atoms with E-state index in [2.05, 4.69) is 32.8 Å². The number of methoxy groups -OCH3 is 2. The number of hydrazone groups is 1. The van der Waals surface area contributed by atoms with Crippen LogP contribution < -0.4 is 19.0 Å². The molecule has 1 spiro atoms. The molecule has 3 heterocycles. The van der Waals surface area contributed by atoms with Gasteiger partial charge >= 0.3 is 0 Å². The van der Waals surface area contributed by atoms with E-state index in [0.29, 0.717) is 58.1 Å². The monoisotopic (exact) mass is 689 g/mol. The van der Waals surface area contributed by atoms with Crippen LogP contribution in [0.1, 0.15) is 47.0 Å². The lowest BCUT2D eigenvalue weighted by atomic mass is 9.59. The highest BCUT2D eigenvalue weighted by Crippen LogP contribution is 2.61. The second-order valence-electron chi connectivity index (χ2n) is 11.1. The number of nitrogens with zero attached hydrogens (tertiary/aromatic N) is 2. The Bertz CT molecular complexity index is 1680. The molecule has 43 heavy (non-hydrogen) atoms. The molecule has 228 valence electrons. The molecular formula is C30H32BrN3O7S2. The van der Waals surface area contributed by atoms with Crippen LogP contribution in [0.15, 0.2) is 62.3 Å². The number of rotatable bonds is 7. The molecule has 13 heteroatoms. The topological polar surface area (TPSA) is 127 Å². The largest absolute Gasteiger partial charge is 0.497 e. The van der Waals surface area contributed by atoms with Crippen LogP contribution in [0, 0.1) is 5.92 Å². The predicted molar refractivity (Wildman–Crippen MR) is 166 cm³/mol. The van der Waals surface area contributed by atoms with E-state index >= 15 is 0 Å². The van der Waals surface area contributed by atoms with E-state index in [-0.39, 0.29) is 23.3 Å². The molecule has 0 radical (unpaired) electrons. The van der Waals surface area contributed by atoms with Crippen LogP contribution in [0.3, 0.4) is 0 Å². The summed E-state index contributed by atoms with van der Waals surface area (Å²) in [5, 5.41) is 16.9. The molecule has 2 N–H and O–H groups in total. The summed E-state index contributed by atoms with van der Waals surface area (Å²) in [7, 11) is -0.801. The minimum Gasteiger partial charge on any atom is -0.497 e. The van der Waals surface area contributed by atoms with Crippen molar-refractivity contribution >= 4 is 48.9 Å². The number of hydrogen-bond donors (Lipinski definition) is 2. The first-order chi connectivity index (χ1) is 20.6. The molecule has 2 aromatic carbocycles. The van der Waals surface area contributed by atoms with Crippen molar-refractivity contribution in [2.75, 3.05) is 20.8 Å². The van der Waals surface area contributed by atoms with Gasteiger partial charge in [0.2, 0.25) is 0 Å². The number of benzene rings is 2. The zero-order valence-corrected chi connectivity index (χ0v) is 27.1. The van der Waals surface area contributed by atoms with Gasteiger partial charge in [-0.25, -0.2) is 4.83 Å². The number of aliphatic hydroxyl groups excluding tert-OH is 1. The first kappa shape index (κ1) is 29.9. The molecule has 1 fully saturated rings. The van der Waals surface area contributed by atoms with Crippen molar-refractivity contribution in [3.05, 3.63) is 68.3 Å². The average Bonchev–Trinajstić information content (AvgIpc) is 3.63. The van der Waals surface area contributed by atoms with Gasteiger partial charge in [0.25, 0.3) is 15.9 Å². The summed E-state index contributed by atoms with van der Waals surface area (Å²) in [4.78, 5) is 18.6. The van der Waals surface area contributed by atoms with Gasteiger partial charge in [-0.05, 0) is 82.0 Å². The van der Waals surface area contributed by atoms with Gasteiger partial charge in [-0.15, -0.1) is 11.3 Å². The Balaban J connectivity index is 1.37. The first-order valence-corrected chi connectivity index (χ1v) is 17.0. The van der Waals surface area contributed by atoms with Crippen molar-refractivity contribution in [3.63, 3.8) is 0 Å². The van der Waals surface area contributed by atoms with Crippen LogP contribution in [0.25, 0.3) is 0 Å². The van der Waals surface area contributed by atoms with E-state index in [4.69, 9.17) is 14.2 Å². The van der Waals surface area contributed by atoms with Crippen LogP contribution in [0.2, 0.25) is 0 Å². The minimum absolute atomic E-state index is 0.0541. The van der Waals surface area contributed by atoms with E-state index in [9.17, 15) is 18.3 Å². The van der Waals surface area contributed by atoms with Gasteiger partial charge in [0.05, 0.1) is 36.6 Å². The van der Waals surface area contributed by atoms with Crippen molar-refractivity contribution in [3.8, 4) is 17.2 Å². The third-order valence-electron chi connectivity index (χ3n) is 8.88. The van der Waals surface area contributed by atoms with Crippen molar-refractivity contribution in [1.82, 2.24) is 9.73 Å². The molecule has 6 rings (SSSR count). The molecule has 1 aromatic heterocycles. The normalized spacial score (nSPS) is 25.4. The number of amides is 1. The zero-order valence-electron chi connectivity index (χ0n) is 23.9. The van der Waals surface area contributed by atoms with Crippen molar-refractivity contribution in [2.24, 2.45) is 11.0 Å². The number of ether oxygens (including phenoxy) is 3. The smallest absolute Gasteiger partial charge is 0.276 e. The molecule has 10 nitrogen and oxygen atoms in total. The number of aliphatic hydroxyl groups is 1. The number of sulfonamides is 1. The fraction of sp³-hybridized carbons (Fsp3) is 0.400. The molecule has 1 amide bonds. The quantitative estimate of drug-likeness (QED) is 0.345. The molecule has 3 aliphatic rings. The Kier molecular flexibility index (Phi) is 7.95. The summed E-state index contributed by atoms with van der Waals surface area (Å²) in [6, 6.07) is 11.2. The Hall–Kier alpha value is -3.13. The van der Waals surface area contributed by atoms with Crippen molar-refractivity contribution in [2.45, 2.75) is 55.2 Å². The second-order valence-corrected chi connectivity index (χ2v) is 14.5. The van der Waals surface area contributed by atoms with Crippen molar-refractivity contribution in [1.29, 1.82) is 0 Å². The number of thiophene rings is 1. The van der Waals surface area contributed by atoms with E-state index in [1.807, 2.05) is 17.5 Å². The number of nitrogens with one attached hydrogen (secondary N) is 1. The SMILES string of the molecule is COc1ccc(S(=O)(=O)NN=C2C[C@@H](C)[C@]34C[C@@H](CO)N(C(=O)c5cccs5)Cc5cc(OC)c(Br)c(c53)O[C@@H]4C2)cc1. The van der Waals surface area contributed by atoms with E-state index in [0.717, 1.165) is 11.1 Å². The standard InChI is InChI=1S/C30H32BrN3O7S2/c1-17-11-19(32-33-43(37,38)22-8-6-21(39-2)7-9-22)13-25-30(17)14-20(16-35)34(29(36)24-5-4-10-42-24)15-18-12-23(40-3)27(31)28(41-25)26(18)30/h4-10,12,17,20,25,33,35H,11,13-16H2,1-3H3/t17-,20+,25-,30+/m1/s1. The summed E-state index contributed by atoms with van der Waals surface area (Å²) >= 11 is 5.07. The maximum atomic E-state index is 13.7. The highest BCUT2D eigenvalue weighted by Gasteiger charge is 2.59. The lowest BCUT2D eigenvalue weighted by Gasteiger charge is -2.45. The number of carbonyl (C=O) groups is 1. The van der Waals surface area contributed by atoms with Crippen LogP contribution >= 0.6 is 27.3 Å². The number of halogens is 1. The Labute approximate surface area is 262 Å². The van der Waals surface area contributed by atoms with Gasteiger partial charge in [-0.3, -0.25) is 4.79 Å². The van der Waals surface area contributed by atoms with Crippen LogP contribution in [-0.4, -0.2) is 63.0 Å². The van der Waals surface area contributed by atoms with Crippen molar-refractivity contribution < 1.29 is 32.5 Å². The van der Waals surface area contributed by atoms with E-state index in [1.165, 1.54) is 30.6 Å². The number of carbonyl (C=O) groups excluding carboxylic acids is 1. The third kappa shape index (κ3) is 4.99. The minimum atomic E-state index is -3.90. The van der Waals surface area contributed by atoms with E-state index < -0.39 is 27.6 Å². The van der Waals surface area contributed by atoms with Gasteiger partial charge in [0.1, 0.15) is 27.8 Å². The second kappa shape index (κ2) is 11.4. The molecule has 2 aliphatic heterocycles. The maximum Gasteiger partial charge on any atom is 0.276 e. The van der Waals surface area contributed by atoms with Gasteiger partial charge in [-0.2, -0.15) is 13.5 Å². The summed E-state index contributed by atoms with van der Waals surface area (Å²) in [6.07, 6.45) is 0.958. The highest BCUT2D eigenvalue weighted by atomic mass is 79.9. The molecule has 1 aliphatic carbocycles. The fourth-order valence-electron chi connectivity index (χ4n) is 6.80. The zero-order chi connectivity index (χ0) is 30.5. The van der Waals surface area contributed by atoms with Gasteiger partial charge in [0.15, 0.2) is 0 Å². The fourth-order valence-corrected chi connectivity index (χ4v) is 8.89. The summed E-state index contributed by atoms with van der Waals surface area (Å²) in [6.45, 7) is 2.19. The number of hydrogen-bond acceptors (Lipinski definition) is 9. The van der Waals surface area contributed by atoms with Crippen LogP contribution in [0.4, 0.5) is 0 Å². The summed E-state index contributed by atoms with van der Waals surface area (Å²) in [5.74, 6) is 1.62. The molecule has 0 bridgehead atoms. The Morgan fingerprint density at radius 2 is 2.00 bits per heavy atom. The van der Waals surface area contributed by atoms with Gasteiger partial charge in [0, 0.05) is 29.7 Å². The van der Waals surface area contributed by atoms with Crippen LogP contribution in [0.5, 0.6) is 17.2 Å². The summed E-state index contributed by atoms with van der Waals surface area (Å²) < 4.78 is 44.2. The molecule has 0 unspecified atom stereocenters. The van der Waals surface area contributed by atoms with Gasteiger partial charge in [-0.1, -0.05) is 13.0 Å². The van der Waals surface area contributed by atoms with Gasteiger partial charge < -0.3 is 24.2 Å². The molecule has 3 aromatic rings. The summed E-state index contributed by atoms with van der Waals surface area (Å²) in [5.41, 5.74) is 2.03. The average molecular weight is 691 g/mol. The molecule has 0 saturated heterocycles. The lowest BCUT2D eigenvalue weighted by molar-refractivity contribution is 0.0342. The third-order valence-corrected chi connectivity index (χ3v) is 11.7. The molecular weight excluding hydrogens is 658 g/mol. The first-order valence-electron chi connectivity index (χ1n) is 13.9. The van der Waals surface area contributed by atoms with E-state index in [1.54, 1.807) is 30.2 Å². The molecule has 1 saturated carbocycles. The predicted octanol–water partition coefficient (Wildman–Crippen LogP) is 4.70. The highest BCUT2D eigenvalue weighted by molar-refractivity contribution is 9.10. The Morgan fingerprint density at radius 1 is 1.23 bits per heavy atom.